The van der Waals surface area contributed by atoms with E-state index >= 15 is 0 Å². The SMILES string of the molecule is Cc1ccc(S(=O)(=O)C#C[Si](C)(C)C(C)(C)C)cc1. The predicted molar refractivity (Wildman–Crippen MR) is 83.3 cm³/mol. The van der Waals surface area contributed by atoms with E-state index in [1.807, 2.05) is 6.92 Å². The molecule has 0 radical (unpaired) electrons. The van der Waals surface area contributed by atoms with Crippen molar-refractivity contribution in [3.8, 4) is 10.8 Å². The van der Waals surface area contributed by atoms with Crippen LogP contribution in [-0.2, 0) is 9.84 Å². The van der Waals surface area contributed by atoms with E-state index in [2.05, 4.69) is 44.7 Å². The van der Waals surface area contributed by atoms with Gasteiger partial charge in [0.05, 0.1) is 4.90 Å². The van der Waals surface area contributed by atoms with Crippen LogP contribution in [-0.4, -0.2) is 16.5 Å². The first-order valence-electron chi connectivity index (χ1n) is 6.31. The van der Waals surface area contributed by atoms with Gasteiger partial charge in [-0.2, -0.15) is 0 Å². The Hall–Kier alpha value is -1.05. The summed E-state index contributed by atoms with van der Waals surface area (Å²) >= 11 is 0. The van der Waals surface area contributed by atoms with Gasteiger partial charge in [-0.15, -0.1) is 5.54 Å². The summed E-state index contributed by atoms with van der Waals surface area (Å²) in [5.74, 6) is 0. The summed E-state index contributed by atoms with van der Waals surface area (Å²) in [7, 11) is -5.40. The van der Waals surface area contributed by atoms with E-state index in [1.165, 1.54) is 0 Å². The van der Waals surface area contributed by atoms with E-state index in [4.69, 9.17) is 0 Å². The summed E-state index contributed by atoms with van der Waals surface area (Å²) in [6, 6.07) is 6.82. The molecular weight excluding hydrogens is 272 g/mol. The molecule has 0 aromatic heterocycles. The fourth-order valence-electron chi connectivity index (χ4n) is 1.16. The summed E-state index contributed by atoms with van der Waals surface area (Å²) < 4.78 is 24.3. The quantitative estimate of drug-likeness (QED) is 0.583. The van der Waals surface area contributed by atoms with E-state index < -0.39 is 17.9 Å². The van der Waals surface area contributed by atoms with Gasteiger partial charge in [0.1, 0.15) is 8.07 Å². The van der Waals surface area contributed by atoms with Crippen molar-refractivity contribution < 1.29 is 8.42 Å². The molecule has 1 aromatic carbocycles. The van der Waals surface area contributed by atoms with Crippen LogP contribution in [0.4, 0.5) is 0 Å². The largest absolute Gasteiger partial charge is 0.244 e. The van der Waals surface area contributed by atoms with Crippen molar-refractivity contribution in [2.45, 2.75) is 50.7 Å². The van der Waals surface area contributed by atoms with Crippen LogP contribution in [0.15, 0.2) is 29.2 Å². The van der Waals surface area contributed by atoms with Crippen LogP contribution in [0.2, 0.25) is 18.1 Å². The number of aryl methyl sites for hydroxylation is 1. The minimum Gasteiger partial charge on any atom is -0.210 e. The van der Waals surface area contributed by atoms with Crippen molar-refractivity contribution in [3.05, 3.63) is 29.8 Å². The first kappa shape index (κ1) is 16.0. The highest BCUT2D eigenvalue weighted by Crippen LogP contribution is 2.35. The smallest absolute Gasteiger partial charge is 0.210 e. The second-order valence-electron chi connectivity index (χ2n) is 6.42. The highest BCUT2D eigenvalue weighted by atomic mass is 32.2. The monoisotopic (exact) mass is 294 g/mol. The number of hydrogen-bond acceptors (Lipinski definition) is 2. The second-order valence-corrected chi connectivity index (χ2v) is 13.1. The molecular formula is C15H22O2SSi. The van der Waals surface area contributed by atoms with E-state index in [-0.39, 0.29) is 9.93 Å². The van der Waals surface area contributed by atoms with E-state index in [9.17, 15) is 8.42 Å². The van der Waals surface area contributed by atoms with Crippen LogP contribution in [0.25, 0.3) is 0 Å². The molecule has 0 N–H and O–H groups in total. The standard InChI is InChI=1S/C15H22O2SSi/c1-13-7-9-14(10-8-13)18(16,17)11-12-19(5,6)15(2,3)4/h7-10H,1-6H3. The van der Waals surface area contributed by atoms with E-state index in [0.29, 0.717) is 0 Å². The fourth-order valence-corrected chi connectivity index (χ4v) is 3.70. The Kier molecular flexibility index (Phi) is 4.33. The molecule has 0 aliphatic rings. The molecule has 104 valence electrons. The third-order valence-electron chi connectivity index (χ3n) is 3.70. The third kappa shape index (κ3) is 3.95. The summed E-state index contributed by atoms with van der Waals surface area (Å²) in [4.78, 5) is 0.282. The molecule has 4 heteroatoms. The molecule has 0 atom stereocenters. The lowest BCUT2D eigenvalue weighted by atomic mass is 10.2. The van der Waals surface area contributed by atoms with Gasteiger partial charge in [-0.25, -0.2) is 8.42 Å². The lowest BCUT2D eigenvalue weighted by Gasteiger charge is -2.31. The Balaban J connectivity index is 3.16. The Labute approximate surface area is 118 Å². The van der Waals surface area contributed by atoms with Gasteiger partial charge in [-0.1, -0.05) is 51.6 Å². The molecule has 19 heavy (non-hydrogen) atoms. The summed E-state index contributed by atoms with van der Waals surface area (Å²) in [5, 5.41) is 2.58. The number of rotatable bonds is 1. The zero-order valence-electron chi connectivity index (χ0n) is 12.5. The topological polar surface area (TPSA) is 34.1 Å². The average molecular weight is 294 g/mol. The maximum absolute atomic E-state index is 12.2. The van der Waals surface area contributed by atoms with Gasteiger partial charge in [-0.05, 0) is 24.1 Å². The molecule has 1 rings (SSSR count). The van der Waals surface area contributed by atoms with Crippen molar-refractivity contribution in [1.82, 2.24) is 0 Å². The van der Waals surface area contributed by atoms with Crippen LogP contribution < -0.4 is 0 Å². The van der Waals surface area contributed by atoms with Crippen LogP contribution in [0.5, 0.6) is 0 Å². The minimum absolute atomic E-state index is 0.0583. The summed E-state index contributed by atoms with van der Waals surface area (Å²) in [5.41, 5.74) is 4.09. The minimum atomic E-state index is -3.50. The molecule has 0 aliphatic carbocycles. The first-order chi connectivity index (χ1) is 8.46. The van der Waals surface area contributed by atoms with Crippen LogP contribution in [0.3, 0.4) is 0 Å². The van der Waals surface area contributed by atoms with E-state index in [0.717, 1.165) is 5.56 Å². The van der Waals surface area contributed by atoms with Crippen LogP contribution >= 0.6 is 0 Å². The molecule has 0 saturated carbocycles. The third-order valence-corrected chi connectivity index (χ3v) is 9.65. The van der Waals surface area contributed by atoms with Gasteiger partial charge in [0, 0.05) is 5.25 Å². The maximum atomic E-state index is 12.2. The number of benzene rings is 1. The molecule has 0 fully saturated rings. The zero-order valence-corrected chi connectivity index (χ0v) is 14.4. The second kappa shape index (κ2) is 5.14. The van der Waals surface area contributed by atoms with Crippen LogP contribution in [0.1, 0.15) is 26.3 Å². The highest BCUT2D eigenvalue weighted by Gasteiger charge is 2.34. The van der Waals surface area contributed by atoms with Crippen molar-refractivity contribution in [3.63, 3.8) is 0 Å². The zero-order chi connectivity index (χ0) is 14.9. The molecule has 0 bridgehead atoms. The molecule has 0 amide bonds. The number of sulfone groups is 1. The van der Waals surface area contributed by atoms with Crippen LogP contribution in [0, 0.1) is 17.7 Å². The van der Waals surface area contributed by atoms with Crippen molar-refractivity contribution in [2.75, 3.05) is 0 Å². The normalized spacial score (nSPS) is 12.7. The lowest BCUT2D eigenvalue weighted by Crippen LogP contribution is -2.35. The first-order valence-corrected chi connectivity index (χ1v) is 10.8. The average Bonchev–Trinajstić information content (AvgIpc) is 2.26. The van der Waals surface area contributed by atoms with Gasteiger partial charge in [0.25, 0.3) is 0 Å². The number of hydrogen-bond donors (Lipinski definition) is 0. The van der Waals surface area contributed by atoms with Gasteiger partial charge in [0.15, 0.2) is 0 Å². The Morgan fingerprint density at radius 1 is 1.05 bits per heavy atom. The Bertz CT molecular complexity index is 609. The van der Waals surface area contributed by atoms with Crippen molar-refractivity contribution >= 4 is 17.9 Å². The summed E-state index contributed by atoms with van der Waals surface area (Å²) in [6.45, 7) is 12.5. The van der Waals surface area contributed by atoms with Gasteiger partial charge in [0.2, 0.25) is 9.84 Å². The molecule has 0 unspecified atom stereocenters. The molecule has 2 nitrogen and oxygen atoms in total. The van der Waals surface area contributed by atoms with Gasteiger partial charge >= 0.3 is 0 Å². The van der Waals surface area contributed by atoms with Gasteiger partial charge < -0.3 is 0 Å². The highest BCUT2D eigenvalue weighted by molar-refractivity contribution is 7.96. The molecule has 1 aromatic rings. The lowest BCUT2D eigenvalue weighted by molar-refractivity contribution is 0.606. The summed E-state index contributed by atoms with van der Waals surface area (Å²) in [6.07, 6.45) is 0. The molecule has 0 spiro atoms. The molecule has 0 heterocycles. The fraction of sp³-hybridized carbons (Fsp3) is 0.467. The molecule has 0 aliphatic heterocycles. The maximum Gasteiger partial charge on any atom is 0.244 e. The Morgan fingerprint density at radius 3 is 1.95 bits per heavy atom. The Morgan fingerprint density at radius 2 is 1.53 bits per heavy atom. The van der Waals surface area contributed by atoms with Gasteiger partial charge in [-0.3, -0.25) is 0 Å². The molecule has 0 saturated heterocycles. The van der Waals surface area contributed by atoms with E-state index in [1.54, 1.807) is 24.3 Å². The van der Waals surface area contributed by atoms with Crippen molar-refractivity contribution in [2.24, 2.45) is 0 Å². The van der Waals surface area contributed by atoms with Crippen molar-refractivity contribution in [1.29, 1.82) is 0 Å². The predicted octanol–water partition coefficient (Wildman–Crippen LogP) is 3.78.